The molecule has 0 bridgehead atoms. The molecule has 7 nitrogen and oxygen atoms in total. The zero-order chi connectivity index (χ0) is 19.4. The molecular formula is C19H28N4O3S. The number of nitrogens with zero attached hydrogens (tertiary/aromatic N) is 3. The minimum atomic E-state index is -3.47. The fourth-order valence-electron chi connectivity index (χ4n) is 3.22. The Morgan fingerprint density at radius 1 is 1.22 bits per heavy atom. The standard InChI is InChI=1S/C19H28N4O3S/c1-14(2)11-18-21-19(26-22-18)13-20-16-8-7-15(3)17(12-16)27(24,25)23-9-5-4-6-10-23/h7-8,12,14,20H,4-6,9-11,13H2,1-3H3. The first-order valence-corrected chi connectivity index (χ1v) is 11.0. The second kappa shape index (κ2) is 8.39. The normalized spacial score (nSPS) is 16.0. The smallest absolute Gasteiger partial charge is 0.245 e. The van der Waals surface area contributed by atoms with Crippen LogP contribution in [0.15, 0.2) is 27.6 Å². The van der Waals surface area contributed by atoms with Crippen LogP contribution in [-0.2, 0) is 23.0 Å². The van der Waals surface area contributed by atoms with Crippen LogP contribution in [0.3, 0.4) is 0 Å². The maximum atomic E-state index is 13.0. The van der Waals surface area contributed by atoms with Crippen LogP contribution in [0.1, 0.15) is 50.4 Å². The highest BCUT2D eigenvalue weighted by Gasteiger charge is 2.27. The molecule has 1 saturated heterocycles. The van der Waals surface area contributed by atoms with Crippen LogP contribution in [0.25, 0.3) is 0 Å². The fourth-order valence-corrected chi connectivity index (χ4v) is 4.99. The summed E-state index contributed by atoms with van der Waals surface area (Å²) >= 11 is 0. The molecule has 0 atom stereocenters. The number of anilines is 1. The summed E-state index contributed by atoms with van der Waals surface area (Å²) in [5.74, 6) is 1.65. The molecule has 8 heteroatoms. The van der Waals surface area contributed by atoms with Gasteiger partial charge in [-0.2, -0.15) is 9.29 Å². The molecule has 1 aliphatic rings. The van der Waals surface area contributed by atoms with Gasteiger partial charge in [0.1, 0.15) is 0 Å². The topological polar surface area (TPSA) is 88.3 Å². The third kappa shape index (κ3) is 4.87. The number of sulfonamides is 1. The summed E-state index contributed by atoms with van der Waals surface area (Å²) in [6, 6.07) is 5.40. The van der Waals surface area contributed by atoms with Crippen LogP contribution in [0.2, 0.25) is 0 Å². The van der Waals surface area contributed by atoms with Crippen molar-refractivity contribution in [2.45, 2.75) is 57.9 Å². The van der Waals surface area contributed by atoms with E-state index < -0.39 is 10.0 Å². The third-order valence-corrected chi connectivity index (χ3v) is 6.71. The lowest BCUT2D eigenvalue weighted by Gasteiger charge is -2.26. The fraction of sp³-hybridized carbons (Fsp3) is 0.579. The molecule has 0 radical (unpaired) electrons. The Morgan fingerprint density at radius 3 is 2.67 bits per heavy atom. The summed E-state index contributed by atoms with van der Waals surface area (Å²) in [7, 11) is -3.47. The number of hydrogen-bond acceptors (Lipinski definition) is 6. The third-order valence-electron chi connectivity index (χ3n) is 4.67. The van der Waals surface area contributed by atoms with Gasteiger partial charge >= 0.3 is 0 Å². The highest BCUT2D eigenvalue weighted by Crippen LogP contribution is 2.26. The Kier molecular flexibility index (Phi) is 6.16. The van der Waals surface area contributed by atoms with Gasteiger partial charge in [0.25, 0.3) is 0 Å². The van der Waals surface area contributed by atoms with E-state index in [2.05, 4.69) is 29.3 Å². The van der Waals surface area contributed by atoms with Gasteiger partial charge in [-0.3, -0.25) is 0 Å². The lowest BCUT2D eigenvalue weighted by molar-refractivity contribution is 0.346. The Hall–Kier alpha value is -1.93. The summed E-state index contributed by atoms with van der Waals surface area (Å²) < 4.78 is 32.8. The van der Waals surface area contributed by atoms with Gasteiger partial charge in [0.05, 0.1) is 11.4 Å². The van der Waals surface area contributed by atoms with Gasteiger partial charge in [-0.15, -0.1) is 0 Å². The molecule has 1 aromatic carbocycles. The summed E-state index contributed by atoms with van der Waals surface area (Å²) in [6.45, 7) is 7.59. The quantitative estimate of drug-likeness (QED) is 0.777. The zero-order valence-corrected chi connectivity index (χ0v) is 17.1. The number of rotatable bonds is 7. The monoisotopic (exact) mass is 392 g/mol. The van der Waals surface area contributed by atoms with E-state index in [1.54, 1.807) is 10.4 Å². The van der Waals surface area contributed by atoms with Crippen molar-refractivity contribution in [3.63, 3.8) is 0 Å². The van der Waals surface area contributed by atoms with Gasteiger partial charge in [-0.1, -0.05) is 31.5 Å². The second-order valence-electron chi connectivity index (χ2n) is 7.50. The molecule has 0 amide bonds. The SMILES string of the molecule is Cc1ccc(NCc2nc(CC(C)C)no2)cc1S(=O)(=O)N1CCCCC1. The predicted molar refractivity (Wildman–Crippen MR) is 104 cm³/mol. The molecule has 2 aromatic rings. The van der Waals surface area contributed by atoms with Gasteiger partial charge in [0.2, 0.25) is 15.9 Å². The highest BCUT2D eigenvalue weighted by atomic mass is 32.2. The number of aryl methyl sites for hydroxylation is 1. The highest BCUT2D eigenvalue weighted by molar-refractivity contribution is 7.89. The first-order chi connectivity index (χ1) is 12.9. The van der Waals surface area contributed by atoms with Crippen molar-refractivity contribution in [2.24, 2.45) is 5.92 Å². The van der Waals surface area contributed by atoms with Crippen LogP contribution in [0.5, 0.6) is 0 Å². The molecule has 148 valence electrons. The van der Waals surface area contributed by atoms with Crippen molar-refractivity contribution >= 4 is 15.7 Å². The van der Waals surface area contributed by atoms with Gasteiger partial charge in [-0.05, 0) is 43.4 Å². The molecule has 0 saturated carbocycles. The van der Waals surface area contributed by atoms with Crippen molar-refractivity contribution in [1.29, 1.82) is 0 Å². The van der Waals surface area contributed by atoms with E-state index >= 15 is 0 Å². The molecular weight excluding hydrogens is 364 g/mol. The van der Waals surface area contributed by atoms with Crippen molar-refractivity contribution in [3.8, 4) is 0 Å². The van der Waals surface area contributed by atoms with Crippen molar-refractivity contribution < 1.29 is 12.9 Å². The number of benzene rings is 1. The van der Waals surface area contributed by atoms with Gasteiger partial charge in [-0.25, -0.2) is 8.42 Å². The average Bonchev–Trinajstić information content (AvgIpc) is 3.08. The van der Waals surface area contributed by atoms with Crippen LogP contribution in [0.4, 0.5) is 5.69 Å². The number of nitrogens with one attached hydrogen (secondary N) is 1. The molecule has 0 aliphatic carbocycles. The molecule has 0 spiro atoms. The van der Waals surface area contributed by atoms with Crippen LogP contribution < -0.4 is 5.32 Å². The van der Waals surface area contributed by atoms with E-state index in [1.807, 2.05) is 19.1 Å². The van der Waals surface area contributed by atoms with Gasteiger partial charge in [0, 0.05) is 25.2 Å². The number of hydrogen-bond donors (Lipinski definition) is 1. The minimum absolute atomic E-state index is 0.358. The second-order valence-corrected chi connectivity index (χ2v) is 9.41. The number of piperidine rings is 1. The van der Waals surface area contributed by atoms with E-state index in [0.29, 0.717) is 42.2 Å². The Morgan fingerprint density at radius 2 is 1.96 bits per heavy atom. The molecule has 0 unspecified atom stereocenters. The molecule has 1 fully saturated rings. The Balaban J connectivity index is 1.72. The lowest BCUT2D eigenvalue weighted by atomic mass is 10.1. The van der Waals surface area contributed by atoms with Gasteiger partial charge < -0.3 is 9.84 Å². The van der Waals surface area contributed by atoms with E-state index in [4.69, 9.17) is 4.52 Å². The lowest BCUT2D eigenvalue weighted by Crippen LogP contribution is -2.36. The van der Waals surface area contributed by atoms with E-state index in [0.717, 1.165) is 36.9 Å². The molecule has 1 N–H and O–H groups in total. The summed E-state index contributed by atoms with van der Waals surface area (Å²) in [6.07, 6.45) is 3.71. The minimum Gasteiger partial charge on any atom is -0.376 e. The molecule has 1 aromatic heterocycles. The maximum absolute atomic E-state index is 13.0. The summed E-state index contributed by atoms with van der Waals surface area (Å²) in [5, 5.41) is 7.16. The molecule has 27 heavy (non-hydrogen) atoms. The Labute approximate surface area is 161 Å². The first-order valence-electron chi connectivity index (χ1n) is 9.52. The summed E-state index contributed by atoms with van der Waals surface area (Å²) in [5.41, 5.74) is 1.47. The average molecular weight is 393 g/mol. The van der Waals surface area contributed by atoms with Crippen LogP contribution in [0, 0.1) is 12.8 Å². The maximum Gasteiger partial charge on any atom is 0.245 e. The van der Waals surface area contributed by atoms with E-state index in [-0.39, 0.29) is 0 Å². The molecule has 3 rings (SSSR count). The van der Waals surface area contributed by atoms with Crippen LogP contribution >= 0.6 is 0 Å². The predicted octanol–water partition coefficient (Wildman–Crippen LogP) is 3.36. The molecule has 1 aliphatic heterocycles. The zero-order valence-electron chi connectivity index (χ0n) is 16.2. The first kappa shape index (κ1) is 19.8. The van der Waals surface area contributed by atoms with E-state index in [9.17, 15) is 8.42 Å². The van der Waals surface area contributed by atoms with Crippen molar-refractivity contribution in [2.75, 3.05) is 18.4 Å². The Bertz CT molecular complexity index is 871. The van der Waals surface area contributed by atoms with E-state index in [1.165, 1.54) is 0 Å². The molecule has 2 heterocycles. The van der Waals surface area contributed by atoms with Crippen molar-refractivity contribution in [1.82, 2.24) is 14.4 Å². The largest absolute Gasteiger partial charge is 0.376 e. The van der Waals surface area contributed by atoms with Crippen molar-refractivity contribution in [3.05, 3.63) is 35.5 Å². The van der Waals surface area contributed by atoms with Crippen LogP contribution in [-0.4, -0.2) is 36.0 Å². The number of aromatic nitrogens is 2. The summed E-state index contributed by atoms with van der Waals surface area (Å²) in [4.78, 5) is 4.72. The van der Waals surface area contributed by atoms with Gasteiger partial charge in [0.15, 0.2) is 5.82 Å².